The standard InChI is InChI=1S/C18H15NOS/c1-13-6-9-15(10-7-13)21-19-12-17-16-5-3-2-4-14(16)8-11-18(17)20/h2-12,20H,1H3/b19-12+. The van der Waals surface area contributed by atoms with Gasteiger partial charge in [-0.3, -0.25) is 0 Å². The highest BCUT2D eigenvalue weighted by molar-refractivity contribution is 7.98. The van der Waals surface area contributed by atoms with E-state index in [1.54, 1.807) is 12.3 Å². The van der Waals surface area contributed by atoms with Crippen LogP contribution in [0.1, 0.15) is 11.1 Å². The molecule has 0 radical (unpaired) electrons. The Kier molecular flexibility index (Phi) is 3.93. The van der Waals surface area contributed by atoms with Gasteiger partial charge in [-0.25, -0.2) is 4.40 Å². The number of phenolic OH excluding ortho intramolecular Hbond substituents is 1. The summed E-state index contributed by atoms with van der Waals surface area (Å²) in [6.07, 6.45) is 1.72. The molecule has 0 saturated heterocycles. The molecule has 3 aromatic rings. The quantitative estimate of drug-likeness (QED) is 0.545. The van der Waals surface area contributed by atoms with E-state index in [4.69, 9.17) is 0 Å². The van der Waals surface area contributed by atoms with Gasteiger partial charge in [-0.1, -0.05) is 48.0 Å². The summed E-state index contributed by atoms with van der Waals surface area (Å²) in [5.41, 5.74) is 1.99. The van der Waals surface area contributed by atoms with Crippen LogP contribution < -0.4 is 0 Å². The molecule has 0 saturated carbocycles. The number of aromatic hydroxyl groups is 1. The summed E-state index contributed by atoms with van der Waals surface area (Å²) < 4.78 is 4.38. The second-order valence-corrected chi connectivity index (χ2v) is 5.72. The lowest BCUT2D eigenvalue weighted by molar-refractivity contribution is 0.475. The highest BCUT2D eigenvalue weighted by Gasteiger charge is 2.04. The van der Waals surface area contributed by atoms with E-state index in [0.29, 0.717) is 0 Å². The zero-order valence-electron chi connectivity index (χ0n) is 11.7. The second kappa shape index (κ2) is 6.02. The van der Waals surface area contributed by atoms with Gasteiger partial charge < -0.3 is 5.11 Å². The molecule has 0 heterocycles. The molecule has 0 aliphatic heterocycles. The Morgan fingerprint density at radius 3 is 2.52 bits per heavy atom. The first-order valence-electron chi connectivity index (χ1n) is 6.72. The predicted molar refractivity (Wildman–Crippen MR) is 90.2 cm³/mol. The summed E-state index contributed by atoms with van der Waals surface area (Å²) in [5.74, 6) is 0.252. The van der Waals surface area contributed by atoms with Crippen molar-refractivity contribution in [3.63, 3.8) is 0 Å². The van der Waals surface area contributed by atoms with Crippen LogP contribution in [0.2, 0.25) is 0 Å². The number of fused-ring (bicyclic) bond motifs is 1. The maximum Gasteiger partial charge on any atom is 0.125 e. The Bertz CT molecular complexity index is 794. The Morgan fingerprint density at radius 2 is 1.71 bits per heavy atom. The molecular weight excluding hydrogens is 278 g/mol. The molecule has 0 bridgehead atoms. The van der Waals surface area contributed by atoms with E-state index in [-0.39, 0.29) is 5.75 Å². The van der Waals surface area contributed by atoms with Crippen molar-refractivity contribution in [1.82, 2.24) is 0 Å². The van der Waals surface area contributed by atoms with Gasteiger partial charge >= 0.3 is 0 Å². The van der Waals surface area contributed by atoms with Crippen LogP contribution in [0, 0.1) is 6.92 Å². The molecule has 0 spiro atoms. The highest BCUT2D eigenvalue weighted by atomic mass is 32.2. The van der Waals surface area contributed by atoms with Crippen molar-refractivity contribution in [3.05, 3.63) is 71.8 Å². The van der Waals surface area contributed by atoms with Gasteiger partial charge in [0.2, 0.25) is 0 Å². The fraction of sp³-hybridized carbons (Fsp3) is 0.0556. The van der Waals surface area contributed by atoms with Crippen molar-refractivity contribution in [1.29, 1.82) is 0 Å². The smallest absolute Gasteiger partial charge is 0.125 e. The summed E-state index contributed by atoms with van der Waals surface area (Å²) in [5, 5.41) is 12.1. The number of hydrogen-bond donors (Lipinski definition) is 1. The van der Waals surface area contributed by atoms with Crippen LogP contribution in [0.15, 0.2) is 70.0 Å². The summed E-state index contributed by atoms with van der Waals surface area (Å²) in [6, 6.07) is 19.8. The molecule has 0 amide bonds. The van der Waals surface area contributed by atoms with Crippen LogP contribution in [-0.2, 0) is 0 Å². The Hall–Kier alpha value is -2.26. The third-order valence-corrected chi connectivity index (χ3v) is 4.00. The van der Waals surface area contributed by atoms with Gasteiger partial charge in [0.25, 0.3) is 0 Å². The molecule has 3 rings (SSSR count). The van der Waals surface area contributed by atoms with Gasteiger partial charge in [0, 0.05) is 28.6 Å². The number of hydrogen-bond acceptors (Lipinski definition) is 3. The number of rotatable bonds is 3. The van der Waals surface area contributed by atoms with Crippen LogP contribution >= 0.6 is 11.9 Å². The average Bonchev–Trinajstić information content (AvgIpc) is 2.51. The number of nitrogens with zero attached hydrogens (tertiary/aromatic N) is 1. The molecular formula is C18H15NOS. The van der Waals surface area contributed by atoms with Crippen LogP contribution in [0.5, 0.6) is 5.75 Å². The lowest BCUT2D eigenvalue weighted by Gasteiger charge is -2.04. The molecule has 0 aliphatic rings. The SMILES string of the molecule is Cc1ccc(S/N=C/c2c(O)ccc3ccccc23)cc1. The number of phenols is 1. The van der Waals surface area contributed by atoms with Crippen molar-refractivity contribution in [2.45, 2.75) is 11.8 Å². The van der Waals surface area contributed by atoms with Crippen LogP contribution in [0.4, 0.5) is 0 Å². The summed E-state index contributed by atoms with van der Waals surface area (Å²) in [7, 11) is 0. The third-order valence-electron chi connectivity index (χ3n) is 3.31. The molecule has 0 unspecified atom stereocenters. The highest BCUT2D eigenvalue weighted by Crippen LogP contribution is 2.27. The molecule has 0 atom stereocenters. The van der Waals surface area contributed by atoms with E-state index in [1.807, 2.05) is 42.5 Å². The lowest BCUT2D eigenvalue weighted by Crippen LogP contribution is -1.85. The minimum Gasteiger partial charge on any atom is -0.507 e. The first kappa shape index (κ1) is 13.7. The van der Waals surface area contributed by atoms with E-state index in [9.17, 15) is 5.11 Å². The predicted octanol–water partition coefficient (Wildman–Crippen LogP) is 4.98. The molecule has 3 heteroatoms. The molecule has 3 aromatic carbocycles. The largest absolute Gasteiger partial charge is 0.507 e. The molecule has 0 fully saturated rings. The van der Waals surface area contributed by atoms with Crippen LogP contribution in [-0.4, -0.2) is 11.3 Å². The van der Waals surface area contributed by atoms with Gasteiger partial charge in [0.05, 0.1) is 0 Å². The number of benzene rings is 3. The monoisotopic (exact) mass is 293 g/mol. The van der Waals surface area contributed by atoms with Gasteiger partial charge in [-0.15, -0.1) is 0 Å². The Labute approximate surface area is 128 Å². The summed E-state index contributed by atoms with van der Waals surface area (Å²) in [4.78, 5) is 1.08. The molecule has 1 N–H and O–H groups in total. The van der Waals surface area contributed by atoms with Crippen molar-refractivity contribution in [3.8, 4) is 5.75 Å². The Balaban J connectivity index is 1.89. The normalized spacial score (nSPS) is 11.3. The average molecular weight is 293 g/mol. The minimum absolute atomic E-state index is 0.252. The van der Waals surface area contributed by atoms with Crippen LogP contribution in [0.3, 0.4) is 0 Å². The first-order chi connectivity index (χ1) is 10.2. The zero-order valence-corrected chi connectivity index (χ0v) is 12.5. The zero-order chi connectivity index (χ0) is 14.7. The van der Waals surface area contributed by atoms with Crippen molar-refractivity contribution < 1.29 is 5.11 Å². The fourth-order valence-corrected chi connectivity index (χ4v) is 2.70. The topological polar surface area (TPSA) is 32.6 Å². The van der Waals surface area contributed by atoms with E-state index < -0.39 is 0 Å². The van der Waals surface area contributed by atoms with Gasteiger partial charge in [-0.05, 0) is 35.9 Å². The van der Waals surface area contributed by atoms with Crippen molar-refractivity contribution >= 4 is 28.9 Å². The van der Waals surface area contributed by atoms with E-state index in [0.717, 1.165) is 21.2 Å². The van der Waals surface area contributed by atoms with Crippen LogP contribution in [0.25, 0.3) is 10.8 Å². The molecule has 0 aliphatic carbocycles. The molecule has 104 valence electrons. The van der Waals surface area contributed by atoms with Gasteiger partial charge in [-0.2, -0.15) is 0 Å². The molecule has 21 heavy (non-hydrogen) atoms. The Morgan fingerprint density at radius 1 is 0.952 bits per heavy atom. The molecule has 2 nitrogen and oxygen atoms in total. The van der Waals surface area contributed by atoms with Crippen molar-refractivity contribution in [2.75, 3.05) is 0 Å². The third kappa shape index (κ3) is 3.09. The van der Waals surface area contributed by atoms with E-state index in [1.165, 1.54) is 17.5 Å². The van der Waals surface area contributed by atoms with E-state index in [2.05, 4.69) is 23.5 Å². The first-order valence-corrected chi connectivity index (χ1v) is 7.49. The van der Waals surface area contributed by atoms with Gasteiger partial charge in [0.1, 0.15) is 5.75 Å². The maximum absolute atomic E-state index is 10.0. The van der Waals surface area contributed by atoms with Gasteiger partial charge in [0.15, 0.2) is 0 Å². The maximum atomic E-state index is 10.0. The number of aryl methyl sites for hydroxylation is 1. The lowest BCUT2D eigenvalue weighted by atomic mass is 10.0. The molecule has 0 aromatic heterocycles. The summed E-state index contributed by atoms with van der Waals surface area (Å²) >= 11 is 1.40. The fourth-order valence-electron chi connectivity index (χ4n) is 2.16. The second-order valence-electron chi connectivity index (χ2n) is 4.86. The summed E-state index contributed by atoms with van der Waals surface area (Å²) in [6.45, 7) is 2.06. The van der Waals surface area contributed by atoms with Crippen molar-refractivity contribution in [2.24, 2.45) is 4.40 Å². The van der Waals surface area contributed by atoms with E-state index >= 15 is 0 Å². The minimum atomic E-state index is 0.252.